The molecule has 0 atom stereocenters. The van der Waals surface area contributed by atoms with Crippen LogP contribution in [0.5, 0.6) is 0 Å². The number of aryl methyl sites for hydroxylation is 1. The Morgan fingerprint density at radius 1 is 1.24 bits per heavy atom. The van der Waals surface area contributed by atoms with Gasteiger partial charge in [-0.2, -0.15) is 4.98 Å². The third-order valence-electron chi connectivity index (χ3n) is 5.92. The quantitative estimate of drug-likeness (QED) is 0.445. The molecule has 1 fully saturated rings. The number of carbonyl (C=O) groups is 1. The van der Waals surface area contributed by atoms with Crippen molar-refractivity contribution in [3.05, 3.63) is 51.5 Å². The predicted molar refractivity (Wildman–Crippen MR) is 127 cm³/mol. The Kier molecular flexibility index (Phi) is 5.99. The smallest absolute Gasteiger partial charge is 0.268 e. The van der Waals surface area contributed by atoms with E-state index in [1.165, 1.54) is 28.7 Å². The Morgan fingerprint density at radius 3 is 2.76 bits per heavy atom. The van der Waals surface area contributed by atoms with Crippen molar-refractivity contribution >= 4 is 39.1 Å². The maximum absolute atomic E-state index is 13.2. The SMILES string of the molecule is Cc1c(-c2nc(-c3ccc(Cl)cc3)no2)sc2ncn(CC(=O)NC3CCCCC3)c(=O)c12. The number of aromatic nitrogens is 4. The summed E-state index contributed by atoms with van der Waals surface area (Å²) in [6, 6.07) is 7.34. The van der Waals surface area contributed by atoms with Gasteiger partial charge in [0.1, 0.15) is 11.4 Å². The van der Waals surface area contributed by atoms with Crippen LogP contribution in [0.4, 0.5) is 0 Å². The first-order valence-electron chi connectivity index (χ1n) is 10.9. The molecular formula is C23H22ClN5O3S. The molecular weight excluding hydrogens is 462 g/mol. The Labute approximate surface area is 198 Å². The molecule has 0 aliphatic heterocycles. The molecule has 3 aromatic heterocycles. The molecule has 10 heteroatoms. The van der Waals surface area contributed by atoms with E-state index < -0.39 is 0 Å². The molecule has 1 aliphatic rings. The zero-order chi connectivity index (χ0) is 22.9. The summed E-state index contributed by atoms with van der Waals surface area (Å²) in [7, 11) is 0. The third kappa shape index (κ3) is 4.43. The second-order valence-corrected chi connectivity index (χ2v) is 9.68. The van der Waals surface area contributed by atoms with E-state index in [4.69, 9.17) is 16.1 Å². The molecule has 0 saturated heterocycles. The van der Waals surface area contributed by atoms with Crippen molar-refractivity contribution in [2.75, 3.05) is 0 Å². The first-order valence-corrected chi connectivity index (χ1v) is 12.1. The summed E-state index contributed by atoms with van der Waals surface area (Å²) in [5, 5.41) is 8.19. The number of nitrogens with zero attached hydrogens (tertiary/aromatic N) is 4. The van der Waals surface area contributed by atoms with E-state index in [2.05, 4.69) is 20.4 Å². The van der Waals surface area contributed by atoms with Crippen LogP contribution in [0.25, 0.3) is 32.4 Å². The van der Waals surface area contributed by atoms with Gasteiger partial charge in [0, 0.05) is 16.6 Å². The summed E-state index contributed by atoms with van der Waals surface area (Å²) < 4.78 is 6.84. The van der Waals surface area contributed by atoms with Crippen LogP contribution in [0, 0.1) is 6.92 Å². The van der Waals surface area contributed by atoms with Gasteiger partial charge in [0.2, 0.25) is 11.7 Å². The van der Waals surface area contributed by atoms with E-state index in [-0.39, 0.29) is 24.1 Å². The molecule has 170 valence electrons. The standard InChI is InChI=1S/C23H22ClN5O3S/c1-13-18-22(25-12-29(23(18)31)11-17(30)26-16-5-3-2-4-6-16)33-19(13)21-27-20(28-32-21)14-7-9-15(24)10-8-14/h7-10,12,16H,2-6,11H2,1H3,(H,26,30). The highest BCUT2D eigenvalue weighted by Crippen LogP contribution is 2.35. The molecule has 1 saturated carbocycles. The number of halogens is 1. The van der Waals surface area contributed by atoms with Crippen LogP contribution in [-0.4, -0.2) is 31.6 Å². The molecule has 1 aliphatic carbocycles. The second kappa shape index (κ2) is 9.07. The lowest BCUT2D eigenvalue weighted by molar-refractivity contribution is -0.122. The minimum Gasteiger partial charge on any atom is -0.352 e. The summed E-state index contributed by atoms with van der Waals surface area (Å²) in [6.45, 7) is 1.78. The van der Waals surface area contributed by atoms with Crippen LogP contribution in [0.1, 0.15) is 37.7 Å². The molecule has 0 spiro atoms. The normalized spacial score (nSPS) is 14.6. The van der Waals surface area contributed by atoms with Crippen molar-refractivity contribution in [3.63, 3.8) is 0 Å². The minimum absolute atomic E-state index is 0.0514. The largest absolute Gasteiger partial charge is 0.352 e. The number of benzene rings is 1. The molecule has 3 heterocycles. The zero-order valence-corrected chi connectivity index (χ0v) is 19.6. The molecule has 33 heavy (non-hydrogen) atoms. The maximum Gasteiger partial charge on any atom is 0.268 e. The monoisotopic (exact) mass is 483 g/mol. The van der Waals surface area contributed by atoms with Crippen LogP contribution in [-0.2, 0) is 11.3 Å². The van der Waals surface area contributed by atoms with Crippen LogP contribution in [0.3, 0.4) is 0 Å². The summed E-state index contributed by atoms with van der Waals surface area (Å²) in [6.07, 6.45) is 6.89. The van der Waals surface area contributed by atoms with E-state index >= 15 is 0 Å². The van der Waals surface area contributed by atoms with E-state index in [1.807, 2.05) is 19.1 Å². The van der Waals surface area contributed by atoms with Crippen LogP contribution >= 0.6 is 22.9 Å². The Hall–Kier alpha value is -3.04. The van der Waals surface area contributed by atoms with Gasteiger partial charge in [0.15, 0.2) is 0 Å². The van der Waals surface area contributed by atoms with E-state index in [1.54, 1.807) is 12.1 Å². The number of nitrogens with one attached hydrogen (secondary N) is 1. The topological polar surface area (TPSA) is 103 Å². The van der Waals surface area contributed by atoms with Gasteiger partial charge in [0.25, 0.3) is 11.4 Å². The van der Waals surface area contributed by atoms with Gasteiger partial charge in [-0.05, 0) is 49.6 Å². The van der Waals surface area contributed by atoms with Gasteiger partial charge in [0.05, 0.1) is 16.6 Å². The van der Waals surface area contributed by atoms with Gasteiger partial charge in [-0.25, -0.2) is 4.98 Å². The minimum atomic E-state index is -0.253. The molecule has 1 amide bonds. The number of hydrogen-bond donors (Lipinski definition) is 1. The highest BCUT2D eigenvalue weighted by atomic mass is 35.5. The van der Waals surface area contributed by atoms with Gasteiger partial charge in [-0.15, -0.1) is 11.3 Å². The Balaban J connectivity index is 1.41. The number of thiophene rings is 1. The fourth-order valence-electron chi connectivity index (χ4n) is 4.18. The highest BCUT2D eigenvalue weighted by molar-refractivity contribution is 7.22. The predicted octanol–water partition coefficient (Wildman–Crippen LogP) is 4.59. The lowest BCUT2D eigenvalue weighted by Crippen LogP contribution is -2.39. The average molecular weight is 484 g/mol. The molecule has 8 nitrogen and oxygen atoms in total. The van der Waals surface area contributed by atoms with Crippen molar-refractivity contribution in [3.8, 4) is 22.2 Å². The van der Waals surface area contributed by atoms with Gasteiger partial charge in [-0.1, -0.05) is 36.0 Å². The lowest BCUT2D eigenvalue weighted by atomic mass is 9.95. The molecule has 0 bridgehead atoms. The number of carbonyl (C=O) groups excluding carboxylic acids is 1. The fourth-order valence-corrected chi connectivity index (χ4v) is 5.37. The van der Waals surface area contributed by atoms with Crippen molar-refractivity contribution < 1.29 is 9.32 Å². The number of fused-ring (bicyclic) bond motifs is 1. The number of amides is 1. The average Bonchev–Trinajstić information content (AvgIpc) is 3.42. The van der Waals surface area contributed by atoms with E-state index in [0.29, 0.717) is 37.4 Å². The van der Waals surface area contributed by atoms with Crippen molar-refractivity contribution in [2.45, 2.75) is 51.6 Å². The summed E-state index contributed by atoms with van der Waals surface area (Å²) >= 11 is 7.26. The summed E-state index contributed by atoms with van der Waals surface area (Å²) in [5.74, 6) is 0.590. The zero-order valence-electron chi connectivity index (χ0n) is 18.0. The van der Waals surface area contributed by atoms with Crippen molar-refractivity contribution in [1.82, 2.24) is 25.0 Å². The maximum atomic E-state index is 13.2. The van der Waals surface area contributed by atoms with Crippen LogP contribution in [0.15, 0.2) is 39.9 Å². The van der Waals surface area contributed by atoms with Gasteiger partial charge in [-0.3, -0.25) is 14.2 Å². The Morgan fingerprint density at radius 2 is 2.00 bits per heavy atom. The lowest BCUT2D eigenvalue weighted by Gasteiger charge is -2.22. The van der Waals surface area contributed by atoms with Gasteiger partial charge < -0.3 is 9.84 Å². The van der Waals surface area contributed by atoms with E-state index in [0.717, 1.165) is 31.2 Å². The molecule has 5 rings (SSSR count). The van der Waals surface area contributed by atoms with Crippen LogP contribution < -0.4 is 10.9 Å². The first-order chi connectivity index (χ1) is 16.0. The molecule has 0 radical (unpaired) electrons. The van der Waals surface area contributed by atoms with Crippen LogP contribution in [0.2, 0.25) is 5.02 Å². The Bertz CT molecular complexity index is 1370. The van der Waals surface area contributed by atoms with Gasteiger partial charge >= 0.3 is 0 Å². The van der Waals surface area contributed by atoms with Crippen molar-refractivity contribution in [1.29, 1.82) is 0 Å². The number of hydrogen-bond acceptors (Lipinski definition) is 7. The third-order valence-corrected chi connectivity index (χ3v) is 7.36. The molecule has 4 aromatic rings. The summed E-state index contributed by atoms with van der Waals surface area (Å²) in [4.78, 5) is 35.8. The van der Waals surface area contributed by atoms with E-state index in [9.17, 15) is 9.59 Å². The molecule has 0 unspecified atom stereocenters. The molecule has 1 aromatic carbocycles. The summed E-state index contributed by atoms with van der Waals surface area (Å²) in [5.41, 5.74) is 1.23. The first kappa shape index (κ1) is 21.8. The second-order valence-electron chi connectivity index (χ2n) is 8.25. The number of rotatable bonds is 5. The van der Waals surface area contributed by atoms with Crippen molar-refractivity contribution in [2.24, 2.45) is 0 Å². The molecule has 1 N–H and O–H groups in total. The fraction of sp³-hybridized carbons (Fsp3) is 0.348. The highest BCUT2D eigenvalue weighted by Gasteiger charge is 2.22.